The van der Waals surface area contributed by atoms with Gasteiger partial charge in [-0.25, -0.2) is 0 Å². The van der Waals surface area contributed by atoms with Gasteiger partial charge in [0, 0.05) is 5.56 Å². The Labute approximate surface area is 112 Å². The van der Waals surface area contributed by atoms with E-state index in [0.29, 0.717) is 5.56 Å². The van der Waals surface area contributed by atoms with E-state index < -0.39 is 29.6 Å². The van der Waals surface area contributed by atoms with Crippen LogP contribution in [0, 0.1) is 6.92 Å². The molecule has 0 aliphatic carbocycles. The van der Waals surface area contributed by atoms with Crippen LogP contribution < -0.4 is 0 Å². The quantitative estimate of drug-likeness (QED) is 0.733. The molecule has 7 heteroatoms. The highest BCUT2D eigenvalue weighted by Crippen LogP contribution is 2.53. The van der Waals surface area contributed by atoms with E-state index in [1.54, 1.807) is 6.92 Å². The Balaban J connectivity index is 3.57. The van der Waals surface area contributed by atoms with Crippen molar-refractivity contribution in [2.75, 3.05) is 0 Å². The van der Waals surface area contributed by atoms with E-state index in [2.05, 4.69) is 4.74 Å². The smallest absolute Gasteiger partial charge is 0.351 e. The first-order chi connectivity index (χ1) is 8.92. The number of rotatable bonds is 3. The van der Waals surface area contributed by atoms with Crippen molar-refractivity contribution >= 4 is 0 Å². The summed E-state index contributed by atoms with van der Waals surface area (Å²) in [6.07, 6.45) is -12.5. The van der Waals surface area contributed by atoms with E-state index in [1.165, 1.54) is 12.1 Å². The summed E-state index contributed by atoms with van der Waals surface area (Å²) in [6.45, 7) is 3.82. The normalized spacial score (nSPS) is 13.9. The van der Waals surface area contributed by atoms with Crippen molar-refractivity contribution in [3.8, 4) is 0 Å². The van der Waals surface area contributed by atoms with Gasteiger partial charge < -0.3 is 4.74 Å². The van der Waals surface area contributed by atoms with E-state index in [1.807, 2.05) is 0 Å². The Morgan fingerprint density at radius 2 is 1.25 bits per heavy atom. The fourth-order valence-electron chi connectivity index (χ4n) is 1.83. The van der Waals surface area contributed by atoms with Crippen molar-refractivity contribution in [1.82, 2.24) is 0 Å². The fourth-order valence-corrected chi connectivity index (χ4v) is 1.83. The Morgan fingerprint density at radius 1 is 0.850 bits per heavy atom. The van der Waals surface area contributed by atoms with Crippen LogP contribution in [-0.4, -0.2) is 18.5 Å². The predicted molar refractivity (Wildman–Crippen MR) is 61.2 cm³/mol. The number of ether oxygens (including phenoxy) is 1. The van der Waals surface area contributed by atoms with Crippen LogP contribution in [0.4, 0.5) is 26.3 Å². The third-order valence-electron chi connectivity index (χ3n) is 2.67. The van der Waals surface area contributed by atoms with Crippen molar-refractivity contribution in [3.63, 3.8) is 0 Å². The van der Waals surface area contributed by atoms with E-state index in [4.69, 9.17) is 0 Å². The molecule has 0 radical (unpaired) electrons. The molecule has 0 bridgehead atoms. The third-order valence-corrected chi connectivity index (χ3v) is 2.67. The van der Waals surface area contributed by atoms with Crippen molar-refractivity contribution in [3.05, 3.63) is 35.4 Å². The van der Waals surface area contributed by atoms with Gasteiger partial charge in [0.15, 0.2) is 0 Å². The van der Waals surface area contributed by atoms with Gasteiger partial charge in [0.05, 0.1) is 6.10 Å². The molecule has 0 fully saturated rings. The third kappa shape index (κ3) is 2.92. The Morgan fingerprint density at radius 3 is 1.55 bits per heavy atom. The molecule has 1 aromatic rings. The average molecular weight is 300 g/mol. The molecule has 1 aromatic carbocycles. The number of hydrogen-bond donors (Lipinski definition) is 0. The number of hydrogen-bond acceptors (Lipinski definition) is 1. The van der Waals surface area contributed by atoms with Gasteiger partial charge >= 0.3 is 12.4 Å². The molecule has 0 saturated heterocycles. The highest BCUT2D eigenvalue weighted by atomic mass is 19.4. The number of benzene rings is 1. The lowest BCUT2D eigenvalue weighted by molar-refractivity contribution is -0.396. The minimum absolute atomic E-state index is 0.552. The van der Waals surface area contributed by atoms with E-state index in [0.717, 1.165) is 26.0 Å². The highest BCUT2D eigenvalue weighted by molar-refractivity contribution is 5.30. The Bertz CT molecular complexity index is 429. The molecule has 0 amide bonds. The Hall–Kier alpha value is -1.24. The van der Waals surface area contributed by atoms with Crippen molar-refractivity contribution < 1.29 is 31.1 Å². The van der Waals surface area contributed by atoms with Gasteiger partial charge in [0.2, 0.25) is 0 Å². The van der Waals surface area contributed by atoms with Gasteiger partial charge in [-0.05, 0) is 20.8 Å². The molecule has 20 heavy (non-hydrogen) atoms. The molecule has 114 valence electrons. The molecular weight excluding hydrogens is 286 g/mol. The van der Waals surface area contributed by atoms with E-state index >= 15 is 0 Å². The van der Waals surface area contributed by atoms with Crippen LogP contribution in [0.2, 0.25) is 0 Å². The van der Waals surface area contributed by atoms with Crippen molar-refractivity contribution in [1.29, 1.82) is 0 Å². The highest BCUT2D eigenvalue weighted by Gasteiger charge is 2.73. The summed E-state index contributed by atoms with van der Waals surface area (Å²) in [7, 11) is 0. The monoisotopic (exact) mass is 300 g/mol. The summed E-state index contributed by atoms with van der Waals surface area (Å²) in [5.74, 6) is 0. The van der Waals surface area contributed by atoms with Gasteiger partial charge in [-0.15, -0.1) is 0 Å². The fraction of sp³-hybridized carbons (Fsp3) is 0.538. The SMILES string of the molecule is Cc1ccc(C(OC(C)C)(C(F)(F)F)C(F)(F)F)cc1. The molecular formula is C13H14F6O. The lowest BCUT2D eigenvalue weighted by Crippen LogP contribution is -2.57. The summed E-state index contributed by atoms with van der Waals surface area (Å²) in [5, 5.41) is 0. The minimum atomic E-state index is -5.62. The summed E-state index contributed by atoms with van der Waals surface area (Å²) in [4.78, 5) is 0. The zero-order valence-corrected chi connectivity index (χ0v) is 11.1. The summed E-state index contributed by atoms with van der Waals surface area (Å²) in [5.41, 5.74) is -4.74. The van der Waals surface area contributed by atoms with Crippen LogP contribution in [0.3, 0.4) is 0 Å². The van der Waals surface area contributed by atoms with Gasteiger partial charge in [0.1, 0.15) is 0 Å². The lowest BCUT2D eigenvalue weighted by Gasteiger charge is -2.38. The standard InChI is InChI=1S/C13H14F6O/c1-8(2)20-11(12(14,15)16,13(17,18)19)10-6-4-9(3)5-7-10/h4-8H,1-3H3. The first-order valence-corrected chi connectivity index (χ1v) is 5.80. The zero-order chi connectivity index (χ0) is 15.8. The zero-order valence-electron chi connectivity index (χ0n) is 11.1. The van der Waals surface area contributed by atoms with Crippen LogP contribution in [0.15, 0.2) is 24.3 Å². The minimum Gasteiger partial charge on any atom is -0.351 e. The van der Waals surface area contributed by atoms with Gasteiger partial charge in [-0.3, -0.25) is 0 Å². The summed E-state index contributed by atoms with van der Waals surface area (Å²) in [6, 6.07) is 3.95. The van der Waals surface area contributed by atoms with Gasteiger partial charge in [-0.1, -0.05) is 29.8 Å². The topological polar surface area (TPSA) is 9.23 Å². The van der Waals surface area contributed by atoms with E-state index in [-0.39, 0.29) is 0 Å². The van der Waals surface area contributed by atoms with Gasteiger partial charge in [-0.2, -0.15) is 26.3 Å². The first-order valence-electron chi connectivity index (χ1n) is 5.80. The molecule has 1 rings (SSSR count). The maximum atomic E-state index is 13.2. The number of alkyl halides is 6. The largest absolute Gasteiger partial charge is 0.430 e. The molecule has 0 aliphatic rings. The molecule has 0 aliphatic heterocycles. The molecule has 0 unspecified atom stereocenters. The molecule has 0 atom stereocenters. The second kappa shape index (κ2) is 5.27. The Kier molecular flexibility index (Phi) is 4.43. The lowest BCUT2D eigenvalue weighted by atomic mass is 9.91. The molecule has 0 N–H and O–H groups in total. The second-order valence-corrected chi connectivity index (χ2v) is 4.71. The van der Waals surface area contributed by atoms with Crippen molar-refractivity contribution in [2.45, 2.75) is 44.8 Å². The number of aryl methyl sites for hydroxylation is 1. The second-order valence-electron chi connectivity index (χ2n) is 4.71. The van der Waals surface area contributed by atoms with Crippen LogP contribution in [0.1, 0.15) is 25.0 Å². The average Bonchev–Trinajstić information content (AvgIpc) is 2.23. The van der Waals surface area contributed by atoms with E-state index in [9.17, 15) is 26.3 Å². The maximum absolute atomic E-state index is 13.2. The summed E-state index contributed by atoms with van der Waals surface area (Å²) < 4.78 is 83.4. The number of halogens is 6. The van der Waals surface area contributed by atoms with Crippen LogP contribution >= 0.6 is 0 Å². The maximum Gasteiger partial charge on any atom is 0.430 e. The first kappa shape index (κ1) is 16.8. The molecule has 0 spiro atoms. The molecule has 0 heterocycles. The van der Waals surface area contributed by atoms with Crippen LogP contribution in [0.25, 0.3) is 0 Å². The summed E-state index contributed by atoms with van der Waals surface area (Å²) >= 11 is 0. The molecule has 0 aromatic heterocycles. The molecule has 0 saturated carbocycles. The van der Waals surface area contributed by atoms with Crippen molar-refractivity contribution in [2.24, 2.45) is 0 Å². The van der Waals surface area contributed by atoms with Gasteiger partial charge in [0.25, 0.3) is 5.60 Å². The predicted octanol–water partition coefficient (Wildman–Crippen LogP) is 4.74. The molecule has 1 nitrogen and oxygen atoms in total. The van der Waals surface area contributed by atoms with Crippen LogP contribution in [0.5, 0.6) is 0 Å². The van der Waals surface area contributed by atoms with Crippen LogP contribution in [-0.2, 0) is 10.3 Å².